The van der Waals surface area contributed by atoms with Crippen molar-refractivity contribution < 1.29 is 19.4 Å². The molecule has 0 aromatic rings. The summed E-state index contributed by atoms with van der Waals surface area (Å²) in [7, 11) is 1.67. The first-order valence-corrected chi connectivity index (χ1v) is 7.39. The maximum atomic E-state index is 12.3. The highest BCUT2D eigenvalue weighted by Crippen LogP contribution is 2.29. The molecule has 0 radical (unpaired) electrons. The van der Waals surface area contributed by atoms with Gasteiger partial charge in [-0.05, 0) is 20.8 Å². The maximum absolute atomic E-state index is 12.3. The molecule has 0 spiro atoms. The number of aliphatic carboxylic acids is 1. The molecule has 0 bridgehead atoms. The monoisotopic (exact) mass is 290 g/mol. The van der Waals surface area contributed by atoms with Crippen LogP contribution in [0.3, 0.4) is 0 Å². The molecule has 1 aliphatic rings. The molecule has 6 nitrogen and oxygen atoms in total. The lowest BCUT2D eigenvalue weighted by Gasteiger charge is -2.30. The number of nitrogens with zero attached hydrogens (tertiary/aromatic N) is 2. The van der Waals surface area contributed by atoms with E-state index in [1.54, 1.807) is 7.05 Å². The molecule has 1 fully saturated rings. The lowest BCUT2D eigenvalue weighted by atomic mass is 10.3. The number of urea groups is 1. The molecule has 2 unspecified atom stereocenters. The fourth-order valence-corrected chi connectivity index (χ4v) is 3.00. The van der Waals surface area contributed by atoms with Crippen LogP contribution in [-0.2, 0) is 9.53 Å². The van der Waals surface area contributed by atoms with Gasteiger partial charge in [-0.3, -0.25) is 4.90 Å². The molecule has 0 aliphatic carbocycles. The molecule has 1 saturated heterocycles. The van der Waals surface area contributed by atoms with E-state index in [1.807, 2.05) is 20.8 Å². The van der Waals surface area contributed by atoms with Crippen LogP contribution >= 0.6 is 11.8 Å². The molecule has 2 amide bonds. The van der Waals surface area contributed by atoms with Gasteiger partial charge in [0.2, 0.25) is 0 Å². The third-order valence-corrected chi connectivity index (χ3v) is 4.15. The second kappa shape index (κ2) is 7.00. The number of carbonyl (C=O) groups excluding carboxylic acids is 1. The Morgan fingerprint density at radius 1 is 1.53 bits per heavy atom. The number of carbonyl (C=O) groups is 2. The molecule has 0 aromatic heterocycles. The van der Waals surface area contributed by atoms with Crippen LogP contribution in [0.25, 0.3) is 0 Å². The summed E-state index contributed by atoms with van der Waals surface area (Å²) in [5, 5.41) is 9.02. The summed E-state index contributed by atoms with van der Waals surface area (Å²) in [5.41, 5.74) is 0. The van der Waals surface area contributed by atoms with E-state index in [2.05, 4.69) is 0 Å². The average molecular weight is 290 g/mol. The summed E-state index contributed by atoms with van der Waals surface area (Å²) in [5.74, 6) is -0.504. The molecule has 7 heteroatoms. The Kier molecular flexibility index (Phi) is 5.93. The summed E-state index contributed by atoms with van der Waals surface area (Å²) in [6, 6.07) is -0.988. The van der Waals surface area contributed by atoms with Gasteiger partial charge in [0.25, 0.3) is 0 Å². The second-order valence-electron chi connectivity index (χ2n) is 4.82. The molecule has 19 heavy (non-hydrogen) atoms. The number of carboxylic acids is 1. The van der Waals surface area contributed by atoms with Crippen LogP contribution in [0.5, 0.6) is 0 Å². The molecule has 110 valence electrons. The number of ether oxygens (including phenoxy) is 1. The van der Waals surface area contributed by atoms with Crippen molar-refractivity contribution in [1.29, 1.82) is 0 Å². The Balaban J connectivity index is 2.56. The summed E-state index contributed by atoms with van der Waals surface area (Å²) >= 11 is 1.48. The number of hydrogen-bond donors (Lipinski definition) is 1. The van der Waals surface area contributed by atoms with Crippen LogP contribution < -0.4 is 0 Å². The Bertz CT molecular complexity index is 338. The predicted octanol–water partition coefficient (Wildman–Crippen LogP) is 1.31. The summed E-state index contributed by atoms with van der Waals surface area (Å²) in [4.78, 5) is 26.4. The minimum Gasteiger partial charge on any atom is -0.480 e. The van der Waals surface area contributed by atoms with E-state index < -0.39 is 12.0 Å². The number of thioether (sulfide) groups is 1. The van der Waals surface area contributed by atoms with Gasteiger partial charge in [0.1, 0.15) is 6.04 Å². The van der Waals surface area contributed by atoms with Gasteiger partial charge < -0.3 is 14.7 Å². The van der Waals surface area contributed by atoms with E-state index in [1.165, 1.54) is 21.6 Å². The van der Waals surface area contributed by atoms with Gasteiger partial charge in [0.05, 0.1) is 18.1 Å². The Morgan fingerprint density at radius 2 is 2.16 bits per heavy atom. The van der Waals surface area contributed by atoms with Crippen LogP contribution in [-0.4, -0.2) is 70.4 Å². The van der Waals surface area contributed by atoms with Crippen molar-refractivity contribution in [3.05, 3.63) is 0 Å². The highest BCUT2D eigenvalue weighted by atomic mass is 32.2. The molecular weight excluding hydrogens is 268 g/mol. The molecular formula is C12H22N2O4S. The minimum absolute atomic E-state index is 0.109. The smallest absolute Gasteiger partial charge is 0.327 e. The van der Waals surface area contributed by atoms with Crippen molar-refractivity contribution in [3.8, 4) is 0 Å². The van der Waals surface area contributed by atoms with Crippen LogP contribution in [0.2, 0.25) is 0 Å². The van der Waals surface area contributed by atoms with E-state index in [0.717, 1.165) is 0 Å². The number of hydrogen-bond acceptors (Lipinski definition) is 4. The quantitative estimate of drug-likeness (QED) is 0.826. The lowest BCUT2D eigenvalue weighted by molar-refractivity contribution is -0.141. The van der Waals surface area contributed by atoms with Gasteiger partial charge in [-0.25, -0.2) is 9.59 Å². The number of rotatable bonds is 5. The summed E-state index contributed by atoms with van der Waals surface area (Å²) in [6.07, 6.45) is 0.122. The third-order valence-electron chi connectivity index (χ3n) is 2.93. The highest BCUT2D eigenvalue weighted by molar-refractivity contribution is 8.00. The van der Waals surface area contributed by atoms with Crippen LogP contribution in [0.1, 0.15) is 20.8 Å². The maximum Gasteiger partial charge on any atom is 0.327 e. The zero-order valence-corrected chi connectivity index (χ0v) is 12.6. The minimum atomic E-state index is -0.947. The Labute approximate surface area is 118 Å². The van der Waals surface area contributed by atoms with Gasteiger partial charge in [-0.1, -0.05) is 0 Å². The van der Waals surface area contributed by atoms with Crippen LogP contribution in [0, 0.1) is 0 Å². The summed E-state index contributed by atoms with van der Waals surface area (Å²) < 4.78 is 5.39. The van der Waals surface area contributed by atoms with Crippen molar-refractivity contribution in [2.75, 3.05) is 26.0 Å². The van der Waals surface area contributed by atoms with Crippen LogP contribution in [0.15, 0.2) is 0 Å². The second-order valence-corrected chi connectivity index (χ2v) is 6.17. The molecule has 1 rings (SSSR count). The van der Waals surface area contributed by atoms with E-state index in [9.17, 15) is 9.59 Å². The Morgan fingerprint density at radius 3 is 2.68 bits per heavy atom. The zero-order chi connectivity index (χ0) is 14.6. The Hall–Kier alpha value is -0.950. The molecule has 0 saturated carbocycles. The standard InChI is InChI=1S/C12H22N2O4S/c1-8(2)18-6-5-13(4)12(17)14-9(3)19-7-10(14)11(15)16/h8-10H,5-7H2,1-4H3,(H,15,16). The molecule has 2 atom stereocenters. The third kappa shape index (κ3) is 4.28. The fraction of sp³-hybridized carbons (Fsp3) is 0.833. The number of amides is 2. The topological polar surface area (TPSA) is 70.1 Å². The highest BCUT2D eigenvalue weighted by Gasteiger charge is 2.40. The SMILES string of the molecule is CC(C)OCCN(C)C(=O)N1C(C)SCC1C(=O)O. The van der Waals surface area contributed by atoms with Crippen molar-refractivity contribution in [1.82, 2.24) is 9.80 Å². The normalized spacial score (nSPS) is 22.9. The number of likely N-dealkylation sites (N-methyl/N-ethyl adjacent to an activating group) is 1. The van der Waals surface area contributed by atoms with Gasteiger partial charge in [-0.2, -0.15) is 0 Å². The van der Waals surface area contributed by atoms with Gasteiger partial charge >= 0.3 is 12.0 Å². The van der Waals surface area contributed by atoms with Gasteiger partial charge in [-0.15, -0.1) is 11.8 Å². The molecule has 0 aromatic carbocycles. The van der Waals surface area contributed by atoms with E-state index in [4.69, 9.17) is 9.84 Å². The van der Waals surface area contributed by atoms with Gasteiger partial charge in [0.15, 0.2) is 0 Å². The predicted molar refractivity (Wildman–Crippen MR) is 74.3 cm³/mol. The first-order chi connectivity index (χ1) is 8.84. The zero-order valence-electron chi connectivity index (χ0n) is 11.8. The van der Waals surface area contributed by atoms with Crippen molar-refractivity contribution in [2.45, 2.75) is 38.3 Å². The van der Waals surface area contributed by atoms with Crippen molar-refractivity contribution in [2.24, 2.45) is 0 Å². The van der Waals surface area contributed by atoms with E-state index >= 15 is 0 Å². The largest absolute Gasteiger partial charge is 0.480 e. The average Bonchev–Trinajstić information content (AvgIpc) is 2.69. The summed E-state index contributed by atoms with van der Waals surface area (Å²) in [6.45, 7) is 6.62. The van der Waals surface area contributed by atoms with Crippen molar-refractivity contribution in [3.63, 3.8) is 0 Å². The number of carboxylic acid groups (broad SMARTS) is 1. The first-order valence-electron chi connectivity index (χ1n) is 6.34. The molecule has 1 N–H and O–H groups in total. The van der Waals surface area contributed by atoms with E-state index in [-0.39, 0.29) is 17.5 Å². The van der Waals surface area contributed by atoms with Gasteiger partial charge in [0, 0.05) is 19.3 Å². The molecule has 1 heterocycles. The van der Waals surface area contributed by atoms with E-state index in [0.29, 0.717) is 18.9 Å². The van der Waals surface area contributed by atoms with Crippen LogP contribution in [0.4, 0.5) is 4.79 Å². The fourth-order valence-electron chi connectivity index (χ4n) is 1.84. The first kappa shape index (κ1) is 16.1. The molecule has 1 aliphatic heterocycles. The lowest BCUT2D eigenvalue weighted by Crippen LogP contribution is -2.50. The van der Waals surface area contributed by atoms with Crippen molar-refractivity contribution >= 4 is 23.8 Å².